The lowest BCUT2D eigenvalue weighted by Gasteiger charge is -2.19. The van der Waals surface area contributed by atoms with Gasteiger partial charge in [0.05, 0.1) is 6.04 Å². The molecule has 0 radical (unpaired) electrons. The second-order valence-electron chi connectivity index (χ2n) is 5.21. The van der Waals surface area contributed by atoms with Crippen molar-refractivity contribution in [2.24, 2.45) is 5.84 Å². The molecular formula is C16H20ClN3. The quantitative estimate of drug-likeness (QED) is 0.515. The molecule has 1 aromatic carbocycles. The van der Waals surface area contributed by atoms with Crippen LogP contribution in [0.4, 0.5) is 0 Å². The van der Waals surface area contributed by atoms with Crippen molar-refractivity contribution in [1.29, 1.82) is 0 Å². The number of aromatic nitrogens is 1. The van der Waals surface area contributed by atoms with E-state index in [1.807, 2.05) is 6.07 Å². The van der Waals surface area contributed by atoms with Crippen LogP contribution in [-0.2, 0) is 6.42 Å². The molecule has 0 aliphatic carbocycles. The molecule has 1 aromatic heterocycles. The number of hydrogen-bond acceptors (Lipinski definition) is 3. The first kappa shape index (κ1) is 15.0. The highest BCUT2D eigenvalue weighted by Crippen LogP contribution is 2.24. The maximum Gasteiger partial charge on any atom is 0.129 e. The van der Waals surface area contributed by atoms with Gasteiger partial charge in [0.2, 0.25) is 0 Å². The van der Waals surface area contributed by atoms with E-state index < -0.39 is 0 Å². The Morgan fingerprint density at radius 1 is 1.20 bits per heavy atom. The Morgan fingerprint density at radius 2 is 1.85 bits per heavy atom. The first-order valence-electron chi connectivity index (χ1n) is 6.65. The standard InChI is InChI=1S/C16H20ClN3/c1-10-6-11(2)14(12(3)7-10)8-15(20-18)13-4-5-16(17)19-9-13/h4-7,9,15,20H,8,18H2,1-3H3. The molecule has 0 saturated carbocycles. The number of nitrogens with one attached hydrogen (secondary N) is 1. The van der Waals surface area contributed by atoms with Gasteiger partial charge in [-0.2, -0.15) is 0 Å². The highest BCUT2D eigenvalue weighted by atomic mass is 35.5. The van der Waals surface area contributed by atoms with Gasteiger partial charge in [0.15, 0.2) is 0 Å². The molecule has 1 heterocycles. The van der Waals surface area contributed by atoms with Crippen molar-refractivity contribution in [3.63, 3.8) is 0 Å². The second-order valence-corrected chi connectivity index (χ2v) is 5.60. The molecule has 2 aromatic rings. The zero-order valence-electron chi connectivity index (χ0n) is 12.1. The average Bonchev–Trinajstić information content (AvgIpc) is 2.39. The summed E-state index contributed by atoms with van der Waals surface area (Å²) in [6.45, 7) is 6.40. The van der Waals surface area contributed by atoms with E-state index >= 15 is 0 Å². The SMILES string of the molecule is Cc1cc(C)c(CC(NN)c2ccc(Cl)nc2)c(C)c1. The van der Waals surface area contributed by atoms with Crippen molar-refractivity contribution < 1.29 is 0 Å². The molecule has 2 rings (SSSR count). The summed E-state index contributed by atoms with van der Waals surface area (Å²) >= 11 is 5.82. The van der Waals surface area contributed by atoms with E-state index in [1.165, 1.54) is 22.3 Å². The van der Waals surface area contributed by atoms with Crippen molar-refractivity contribution in [3.05, 3.63) is 63.4 Å². The number of nitrogens with zero attached hydrogens (tertiary/aromatic N) is 1. The number of hydrogen-bond donors (Lipinski definition) is 2. The summed E-state index contributed by atoms with van der Waals surface area (Å²) in [4.78, 5) is 4.12. The highest BCUT2D eigenvalue weighted by molar-refractivity contribution is 6.29. The molecule has 0 aliphatic heterocycles. The van der Waals surface area contributed by atoms with Gasteiger partial charge in [0.1, 0.15) is 5.15 Å². The van der Waals surface area contributed by atoms with Crippen LogP contribution in [0.25, 0.3) is 0 Å². The van der Waals surface area contributed by atoms with Crippen molar-refractivity contribution >= 4 is 11.6 Å². The van der Waals surface area contributed by atoms with Gasteiger partial charge in [0, 0.05) is 6.20 Å². The third-order valence-electron chi connectivity index (χ3n) is 3.60. The van der Waals surface area contributed by atoms with Crippen LogP contribution >= 0.6 is 11.6 Å². The molecule has 3 nitrogen and oxygen atoms in total. The second kappa shape index (κ2) is 6.35. The molecule has 1 atom stereocenters. The molecule has 20 heavy (non-hydrogen) atoms. The smallest absolute Gasteiger partial charge is 0.129 e. The highest BCUT2D eigenvalue weighted by Gasteiger charge is 2.14. The van der Waals surface area contributed by atoms with Crippen LogP contribution in [-0.4, -0.2) is 4.98 Å². The number of hydrazine groups is 1. The summed E-state index contributed by atoms with van der Waals surface area (Å²) in [5.41, 5.74) is 9.12. The Morgan fingerprint density at radius 3 is 2.35 bits per heavy atom. The lowest BCUT2D eigenvalue weighted by atomic mass is 9.92. The van der Waals surface area contributed by atoms with Crippen molar-refractivity contribution in [1.82, 2.24) is 10.4 Å². The normalized spacial score (nSPS) is 12.4. The van der Waals surface area contributed by atoms with E-state index in [9.17, 15) is 0 Å². The molecule has 0 amide bonds. The van der Waals surface area contributed by atoms with Gasteiger partial charge in [0.25, 0.3) is 0 Å². The van der Waals surface area contributed by atoms with Gasteiger partial charge in [-0.25, -0.2) is 4.98 Å². The van der Waals surface area contributed by atoms with E-state index in [-0.39, 0.29) is 6.04 Å². The molecule has 106 valence electrons. The van der Waals surface area contributed by atoms with E-state index in [1.54, 1.807) is 12.3 Å². The summed E-state index contributed by atoms with van der Waals surface area (Å²) in [5.74, 6) is 5.71. The first-order valence-corrected chi connectivity index (χ1v) is 7.03. The molecule has 0 aliphatic rings. The van der Waals surface area contributed by atoms with Crippen molar-refractivity contribution in [3.8, 4) is 0 Å². The molecular weight excluding hydrogens is 270 g/mol. The van der Waals surface area contributed by atoms with Crippen LogP contribution < -0.4 is 11.3 Å². The number of nitrogens with two attached hydrogens (primary N) is 1. The maximum atomic E-state index is 5.82. The largest absolute Gasteiger partial charge is 0.271 e. The van der Waals surface area contributed by atoms with Crippen LogP contribution in [0.1, 0.15) is 33.9 Å². The van der Waals surface area contributed by atoms with Crippen LogP contribution in [0.2, 0.25) is 5.15 Å². The number of aryl methyl sites for hydroxylation is 3. The van der Waals surface area contributed by atoms with Crippen LogP contribution in [0.3, 0.4) is 0 Å². The minimum absolute atomic E-state index is 0.0277. The zero-order chi connectivity index (χ0) is 14.7. The topological polar surface area (TPSA) is 50.9 Å². The predicted octanol–water partition coefficient (Wildman–Crippen LogP) is 3.41. The van der Waals surface area contributed by atoms with Crippen LogP contribution in [0.15, 0.2) is 30.5 Å². The molecule has 0 saturated heterocycles. The third kappa shape index (κ3) is 3.37. The molecule has 0 fully saturated rings. The minimum atomic E-state index is 0.0277. The van der Waals surface area contributed by atoms with Crippen molar-refractivity contribution in [2.75, 3.05) is 0 Å². The molecule has 4 heteroatoms. The van der Waals surface area contributed by atoms with Gasteiger partial charge in [-0.15, -0.1) is 0 Å². The Balaban J connectivity index is 2.29. The maximum absolute atomic E-state index is 5.82. The third-order valence-corrected chi connectivity index (χ3v) is 3.83. The monoisotopic (exact) mass is 289 g/mol. The minimum Gasteiger partial charge on any atom is -0.271 e. The van der Waals surface area contributed by atoms with Gasteiger partial charge in [-0.1, -0.05) is 35.4 Å². The van der Waals surface area contributed by atoms with E-state index in [0.29, 0.717) is 5.15 Å². The lowest BCUT2D eigenvalue weighted by Crippen LogP contribution is -2.30. The molecule has 0 spiro atoms. The fourth-order valence-corrected chi connectivity index (χ4v) is 2.71. The fraction of sp³-hybridized carbons (Fsp3) is 0.312. The van der Waals surface area contributed by atoms with Gasteiger partial charge in [-0.05, 0) is 55.5 Å². The number of benzene rings is 1. The fourth-order valence-electron chi connectivity index (χ4n) is 2.60. The number of rotatable bonds is 4. The zero-order valence-corrected chi connectivity index (χ0v) is 12.8. The average molecular weight is 290 g/mol. The Bertz CT molecular complexity index is 570. The molecule has 0 bridgehead atoms. The number of halogens is 1. The first-order chi connectivity index (χ1) is 9.51. The van der Waals surface area contributed by atoms with Gasteiger partial charge in [-0.3, -0.25) is 11.3 Å². The molecule has 1 unspecified atom stereocenters. The number of pyridine rings is 1. The van der Waals surface area contributed by atoms with E-state index in [4.69, 9.17) is 17.4 Å². The predicted molar refractivity (Wildman–Crippen MR) is 83.7 cm³/mol. The Kier molecular flexibility index (Phi) is 4.76. The van der Waals surface area contributed by atoms with Gasteiger partial charge < -0.3 is 0 Å². The summed E-state index contributed by atoms with van der Waals surface area (Å²) in [6.07, 6.45) is 2.60. The van der Waals surface area contributed by atoms with E-state index in [2.05, 4.69) is 43.3 Å². The summed E-state index contributed by atoms with van der Waals surface area (Å²) in [5, 5.41) is 0.493. The van der Waals surface area contributed by atoms with Crippen LogP contribution in [0, 0.1) is 20.8 Å². The Labute approximate surface area is 125 Å². The summed E-state index contributed by atoms with van der Waals surface area (Å²) in [6, 6.07) is 8.18. The lowest BCUT2D eigenvalue weighted by molar-refractivity contribution is 0.548. The Hall–Kier alpha value is -1.42. The van der Waals surface area contributed by atoms with Crippen molar-refractivity contribution in [2.45, 2.75) is 33.2 Å². The van der Waals surface area contributed by atoms with Crippen LogP contribution in [0.5, 0.6) is 0 Å². The van der Waals surface area contributed by atoms with Gasteiger partial charge >= 0.3 is 0 Å². The molecule has 3 N–H and O–H groups in total. The van der Waals surface area contributed by atoms with E-state index in [0.717, 1.165) is 12.0 Å². The summed E-state index contributed by atoms with van der Waals surface area (Å²) in [7, 11) is 0. The summed E-state index contributed by atoms with van der Waals surface area (Å²) < 4.78 is 0.